The maximum Gasteiger partial charge on any atom is 0.252 e. The van der Waals surface area contributed by atoms with E-state index >= 15 is 0 Å². The molecule has 3 aromatic rings. The summed E-state index contributed by atoms with van der Waals surface area (Å²) >= 11 is 0. The number of benzene rings is 1. The Balaban J connectivity index is 1.37. The molecule has 180 valence electrons. The highest BCUT2D eigenvalue weighted by Crippen LogP contribution is 2.44. The Bertz CT molecular complexity index is 1230. The van der Waals surface area contributed by atoms with Gasteiger partial charge in [0.1, 0.15) is 24.1 Å². The van der Waals surface area contributed by atoms with Crippen molar-refractivity contribution in [3.8, 4) is 11.5 Å². The number of methoxy groups -OCH3 is 2. The Morgan fingerprint density at radius 2 is 1.91 bits per heavy atom. The first-order chi connectivity index (χ1) is 16.3. The van der Waals surface area contributed by atoms with E-state index in [0.717, 1.165) is 5.56 Å². The zero-order valence-corrected chi connectivity index (χ0v) is 19.2. The van der Waals surface area contributed by atoms with Gasteiger partial charge in [0, 0.05) is 6.54 Å². The summed E-state index contributed by atoms with van der Waals surface area (Å²) in [5, 5.41) is 2.92. The summed E-state index contributed by atoms with van der Waals surface area (Å²) in [7, 11) is 3.13. The SMILES string of the molecule is COc1ccc(CNC(=O)[C@H]2O[C@@H](n3cnc4c(N)ncnc43)[C@@H]3OC(C)(C)O[C@@H]32)cc1OC. The molecule has 0 aliphatic carbocycles. The van der Waals surface area contributed by atoms with Crippen LogP contribution in [0.1, 0.15) is 25.6 Å². The number of aromatic nitrogens is 4. The van der Waals surface area contributed by atoms with Crippen LogP contribution in [0, 0.1) is 0 Å². The fraction of sp³-hybridized carbons (Fsp3) is 0.455. The summed E-state index contributed by atoms with van der Waals surface area (Å²) < 4.78 is 30.6. The molecule has 4 heterocycles. The number of carbonyl (C=O) groups is 1. The third-order valence-corrected chi connectivity index (χ3v) is 5.86. The van der Waals surface area contributed by atoms with Gasteiger partial charge < -0.3 is 34.7 Å². The van der Waals surface area contributed by atoms with Gasteiger partial charge in [0.05, 0.1) is 20.5 Å². The van der Waals surface area contributed by atoms with Crippen LogP contribution in [0.5, 0.6) is 11.5 Å². The largest absolute Gasteiger partial charge is 0.493 e. The van der Waals surface area contributed by atoms with Crippen LogP contribution >= 0.6 is 0 Å². The molecule has 4 atom stereocenters. The van der Waals surface area contributed by atoms with Gasteiger partial charge in [0.25, 0.3) is 5.91 Å². The van der Waals surface area contributed by atoms with E-state index in [0.29, 0.717) is 22.7 Å². The number of fused-ring (bicyclic) bond motifs is 2. The predicted molar refractivity (Wildman–Crippen MR) is 119 cm³/mol. The molecule has 2 saturated heterocycles. The fourth-order valence-electron chi connectivity index (χ4n) is 4.35. The van der Waals surface area contributed by atoms with Gasteiger partial charge in [-0.1, -0.05) is 6.07 Å². The average molecular weight is 470 g/mol. The second-order valence-electron chi connectivity index (χ2n) is 8.50. The first-order valence-corrected chi connectivity index (χ1v) is 10.7. The number of nitrogens with one attached hydrogen (secondary N) is 1. The van der Waals surface area contributed by atoms with Crippen LogP contribution in [-0.4, -0.2) is 63.7 Å². The zero-order valence-electron chi connectivity index (χ0n) is 19.2. The number of ether oxygens (including phenoxy) is 5. The van der Waals surface area contributed by atoms with E-state index in [2.05, 4.69) is 20.3 Å². The Kier molecular flexibility index (Phi) is 5.50. The van der Waals surface area contributed by atoms with E-state index in [4.69, 9.17) is 29.4 Å². The topological polar surface area (TPSA) is 145 Å². The van der Waals surface area contributed by atoms with Gasteiger partial charge in [-0.05, 0) is 31.5 Å². The van der Waals surface area contributed by atoms with Crippen LogP contribution < -0.4 is 20.5 Å². The molecule has 1 amide bonds. The van der Waals surface area contributed by atoms with Crippen molar-refractivity contribution in [1.29, 1.82) is 0 Å². The van der Waals surface area contributed by atoms with Crippen LogP contribution in [0.3, 0.4) is 0 Å². The highest BCUT2D eigenvalue weighted by atomic mass is 16.8. The number of nitrogens with zero attached hydrogens (tertiary/aromatic N) is 4. The Morgan fingerprint density at radius 3 is 2.68 bits per heavy atom. The fourth-order valence-corrected chi connectivity index (χ4v) is 4.35. The molecule has 3 N–H and O–H groups in total. The number of hydrogen-bond donors (Lipinski definition) is 2. The standard InChI is InChI=1S/C22H26N6O6/c1-22(2)33-15-16(20(29)24-8-11-5-6-12(30-3)13(7-11)31-4)32-21(17(15)34-22)28-10-27-14-18(23)25-9-26-19(14)28/h5-7,9-10,15-17,21H,8H2,1-4H3,(H,24,29)(H2,23,25,26)/t15-,16+,17-,21-/m1/s1. The lowest BCUT2D eigenvalue weighted by atomic mass is 10.1. The van der Waals surface area contributed by atoms with Crippen LogP contribution in [0.25, 0.3) is 11.2 Å². The number of carbonyl (C=O) groups excluding carboxylic acids is 1. The molecule has 2 aromatic heterocycles. The van der Waals surface area contributed by atoms with Crippen molar-refractivity contribution >= 4 is 22.9 Å². The minimum atomic E-state index is -0.909. The lowest BCUT2D eigenvalue weighted by molar-refractivity contribution is -0.197. The highest BCUT2D eigenvalue weighted by molar-refractivity contribution is 5.83. The number of rotatable bonds is 6. The van der Waals surface area contributed by atoms with E-state index in [1.54, 1.807) is 51.1 Å². The van der Waals surface area contributed by atoms with Crippen LogP contribution in [0.2, 0.25) is 0 Å². The molecule has 34 heavy (non-hydrogen) atoms. The molecule has 0 saturated carbocycles. The summed E-state index contributed by atoms with van der Waals surface area (Å²) in [4.78, 5) is 25.7. The van der Waals surface area contributed by atoms with Crippen molar-refractivity contribution in [3.05, 3.63) is 36.4 Å². The normalized spacial score (nSPS) is 25.3. The lowest BCUT2D eigenvalue weighted by Gasteiger charge is -2.24. The maximum absolute atomic E-state index is 13.2. The zero-order chi connectivity index (χ0) is 24.0. The summed E-state index contributed by atoms with van der Waals surface area (Å²) in [6, 6.07) is 5.44. The number of anilines is 1. The predicted octanol–water partition coefficient (Wildman–Crippen LogP) is 1.16. The number of nitrogens with two attached hydrogens (primary N) is 1. The summed E-state index contributed by atoms with van der Waals surface area (Å²) in [6.45, 7) is 3.86. The van der Waals surface area contributed by atoms with Crippen molar-refractivity contribution in [1.82, 2.24) is 24.8 Å². The molecule has 1 aromatic carbocycles. The minimum absolute atomic E-state index is 0.256. The molecule has 0 radical (unpaired) electrons. The summed E-state index contributed by atoms with van der Waals surface area (Å²) in [6.07, 6.45) is 0.126. The molecular weight excluding hydrogens is 444 g/mol. The van der Waals surface area contributed by atoms with Crippen molar-refractivity contribution in [2.45, 2.75) is 50.7 Å². The second-order valence-corrected chi connectivity index (χ2v) is 8.50. The molecule has 0 unspecified atom stereocenters. The molecule has 2 aliphatic rings. The highest BCUT2D eigenvalue weighted by Gasteiger charge is 2.58. The van der Waals surface area contributed by atoms with Gasteiger partial charge in [0.2, 0.25) is 0 Å². The lowest BCUT2D eigenvalue weighted by Crippen LogP contribution is -2.42. The van der Waals surface area contributed by atoms with Crippen molar-refractivity contribution in [3.63, 3.8) is 0 Å². The monoisotopic (exact) mass is 470 g/mol. The maximum atomic E-state index is 13.2. The minimum Gasteiger partial charge on any atom is -0.493 e. The van der Waals surface area contributed by atoms with Crippen molar-refractivity contribution in [2.75, 3.05) is 20.0 Å². The van der Waals surface area contributed by atoms with Gasteiger partial charge >= 0.3 is 0 Å². The van der Waals surface area contributed by atoms with E-state index in [1.165, 1.54) is 6.33 Å². The molecular formula is C22H26N6O6. The third-order valence-electron chi connectivity index (χ3n) is 5.86. The second kappa shape index (κ2) is 8.38. The molecule has 2 aliphatic heterocycles. The molecule has 12 heteroatoms. The average Bonchev–Trinajstić information content (AvgIpc) is 3.48. The van der Waals surface area contributed by atoms with Crippen LogP contribution in [-0.2, 0) is 25.5 Å². The van der Waals surface area contributed by atoms with Crippen LogP contribution in [0.15, 0.2) is 30.9 Å². The van der Waals surface area contributed by atoms with Crippen molar-refractivity contribution in [2.24, 2.45) is 0 Å². The summed E-state index contributed by atoms with van der Waals surface area (Å²) in [5.41, 5.74) is 7.69. The molecule has 12 nitrogen and oxygen atoms in total. The Labute approximate surface area is 195 Å². The van der Waals surface area contributed by atoms with Crippen LogP contribution in [0.4, 0.5) is 5.82 Å². The molecule has 0 bridgehead atoms. The first-order valence-electron chi connectivity index (χ1n) is 10.7. The summed E-state index contributed by atoms with van der Waals surface area (Å²) in [5.74, 6) is 0.231. The molecule has 5 rings (SSSR count). The van der Waals surface area contributed by atoms with Gasteiger partial charge in [-0.25, -0.2) is 15.0 Å². The third kappa shape index (κ3) is 3.79. The van der Waals surface area contributed by atoms with E-state index in [9.17, 15) is 4.79 Å². The number of nitrogen functional groups attached to an aromatic ring is 1. The molecule has 0 spiro atoms. The van der Waals surface area contributed by atoms with Crippen molar-refractivity contribution < 1.29 is 28.5 Å². The smallest absolute Gasteiger partial charge is 0.252 e. The first kappa shape index (κ1) is 22.3. The van der Waals surface area contributed by atoms with E-state index in [1.807, 2.05) is 6.07 Å². The Hall–Kier alpha value is -3.48. The van der Waals surface area contributed by atoms with Gasteiger partial charge in [-0.3, -0.25) is 9.36 Å². The quantitative estimate of drug-likeness (QED) is 0.538. The van der Waals surface area contributed by atoms with Gasteiger partial charge in [0.15, 0.2) is 41.1 Å². The number of imidazole rings is 1. The molecule has 2 fully saturated rings. The number of amides is 1. The number of hydrogen-bond acceptors (Lipinski definition) is 10. The van der Waals surface area contributed by atoms with Gasteiger partial charge in [-0.2, -0.15) is 0 Å². The van der Waals surface area contributed by atoms with Gasteiger partial charge in [-0.15, -0.1) is 0 Å². The van der Waals surface area contributed by atoms with E-state index in [-0.39, 0.29) is 18.3 Å². The Morgan fingerprint density at radius 1 is 1.15 bits per heavy atom. The van der Waals surface area contributed by atoms with E-state index < -0.39 is 30.3 Å².